The predicted molar refractivity (Wildman–Crippen MR) is 73.4 cm³/mol. The summed E-state index contributed by atoms with van der Waals surface area (Å²) in [5.74, 6) is -0.447. The molecule has 114 valence electrons. The summed E-state index contributed by atoms with van der Waals surface area (Å²) >= 11 is 3.00. The molecule has 0 aliphatic rings. The monoisotopic (exact) mass is 369 g/mol. The highest BCUT2D eigenvalue weighted by atomic mass is 79.9. The van der Waals surface area contributed by atoms with Crippen molar-refractivity contribution in [1.29, 1.82) is 0 Å². The number of sulfonamides is 1. The maximum absolute atomic E-state index is 12.1. The molecule has 0 bridgehead atoms. The quantitative estimate of drug-likeness (QED) is 0.596. The lowest BCUT2D eigenvalue weighted by atomic mass is 10.3. The van der Waals surface area contributed by atoms with Crippen LogP contribution in [0.3, 0.4) is 0 Å². The Morgan fingerprint density at radius 1 is 1.55 bits per heavy atom. The van der Waals surface area contributed by atoms with E-state index in [4.69, 9.17) is 4.74 Å². The molecule has 1 aromatic heterocycles. The molecule has 11 heteroatoms. The van der Waals surface area contributed by atoms with Gasteiger partial charge in [0.25, 0.3) is 10.0 Å². The summed E-state index contributed by atoms with van der Waals surface area (Å²) in [6, 6.07) is -0.932. The van der Waals surface area contributed by atoms with E-state index in [1.54, 1.807) is 0 Å². The van der Waals surface area contributed by atoms with Crippen LogP contribution in [0, 0.1) is 0 Å². The molecular weight excluding hydrogens is 354 g/mol. The molecule has 2 N–H and O–H groups in total. The number of aryl methyl sites for hydroxylation is 1. The summed E-state index contributed by atoms with van der Waals surface area (Å²) in [5.41, 5.74) is 0. The van der Waals surface area contributed by atoms with E-state index in [1.165, 1.54) is 21.1 Å². The number of carbonyl (C=O) groups excluding carboxylic acids is 1. The van der Waals surface area contributed by atoms with Crippen molar-refractivity contribution in [2.75, 3.05) is 20.3 Å². The molecule has 1 heterocycles. The van der Waals surface area contributed by atoms with Crippen molar-refractivity contribution < 1.29 is 17.9 Å². The first-order valence-corrected chi connectivity index (χ1v) is 7.91. The molecule has 0 saturated carbocycles. The molecule has 20 heavy (non-hydrogen) atoms. The van der Waals surface area contributed by atoms with Gasteiger partial charge in [0, 0.05) is 20.7 Å². The molecule has 1 atom stereocenters. The third-order valence-corrected chi connectivity index (χ3v) is 4.75. The fourth-order valence-corrected chi connectivity index (χ4v) is 3.68. The van der Waals surface area contributed by atoms with E-state index in [9.17, 15) is 13.2 Å². The van der Waals surface area contributed by atoms with Gasteiger partial charge in [0.2, 0.25) is 10.9 Å². The van der Waals surface area contributed by atoms with Crippen LogP contribution in [0.2, 0.25) is 0 Å². The zero-order valence-corrected chi connectivity index (χ0v) is 13.7. The van der Waals surface area contributed by atoms with Gasteiger partial charge in [-0.05, 0) is 22.9 Å². The van der Waals surface area contributed by atoms with E-state index >= 15 is 0 Å². The first kappa shape index (κ1) is 17.0. The Balaban J connectivity index is 2.74. The minimum atomic E-state index is -3.90. The molecule has 0 saturated heterocycles. The number of hydrogen-bond donors (Lipinski definition) is 2. The Labute approximate surface area is 125 Å². The number of carbonyl (C=O) groups is 1. The molecule has 0 aliphatic carbocycles. The summed E-state index contributed by atoms with van der Waals surface area (Å²) in [7, 11) is -0.959. The fourth-order valence-electron chi connectivity index (χ4n) is 1.38. The predicted octanol–water partition coefficient (Wildman–Crippen LogP) is -0.993. The summed E-state index contributed by atoms with van der Waals surface area (Å²) in [4.78, 5) is 11.7. The highest BCUT2D eigenvalue weighted by Gasteiger charge is 2.27. The minimum absolute atomic E-state index is 0.0829. The van der Waals surface area contributed by atoms with Gasteiger partial charge in [-0.15, -0.1) is 5.10 Å². The third-order valence-electron chi connectivity index (χ3n) is 2.32. The number of nitrogens with one attached hydrogen (secondary N) is 2. The van der Waals surface area contributed by atoms with Gasteiger partial charge in [0.05, 0.1) is 12.6 Å². The van der Waals surface area contributed by atoms with Gasteiger partial charge in [0.15, 0.2) is 4.60 Å². The van der Waals surface area contributed by atoms with Gasteiger partial charge < -0.3 is 10.1 Å². The standard InChI is InChI=1S/C9H16BrN5O4S/c1-6(8(16)11-4-5-19-3)13-20(17,18)9-7(10)12-14-15(9)2/h6,13H,4-5H2,1-3H3,(H,11,16). The van der Waals surface area contributed by atoms with E-state index in [1.807, 2.05) is 0 Å². The first-order valence-electron chi connectivity index (χ1n) is 5.63. The molecule has 0 aromatic carbocycles. The summed E-state index contributed by atoms with van der Waals surface area (Å²) in [6.07, 6.45) is 0. The number of ether oxygens (including phenoxy) is 1. The summed E-state index contributed by atoms with van der Waals surface area (Å²) in [5, 5.41) is 9.56. The molecular formula is C9H16BrN5O4S. The molecule has 1 unspecified atom stereocenters. The number of rotatable bonds is 7. The van der Waals surface area contributed by atoms with Crippen LogP contribution in [-0.2, 0) is 26.6 Å². The molecule has 9 nitrogen and oxygen atoms in total. The number of hydrogen-bond acceptors (Lipinski definition) is 6. The van der Waals surface area contributed by atoms with Crippen LogP contribution >= 0.6 is 15.9 Å². The Bertz CT molecular complexity index is 553. The number of amides is 1. The number of aromatic nitrogens is 3. The normalized spacial score (nSPS) is 13.2. The average molecular weight is 370 g/mol. The van der Waals surface area contributed by atoms with Crippen molar-refractivity contribution in [3.63, 3.8) is 0 Å². The van der Waals surface area contributed by atoms with Crippen LogP contribution in [-0.4, -0.2) is 55.6 Å². The summed E-state index contributed by atoms with van der Waals surface area (Å²) < 4.78 is 32.5. The lowest BCUT2D eigenvalue weighted by Gasteiger charge is -2.14. The zero-order chi connectivity index (χ0) is 15.3. The maximum atomic E-state index is 12.1. The van der Waals surface area contributed by atoms with Crippen molar-refractivity contribution in [3.8, 4) is 0 Å². The smallest absolute Gasteiger partial charge is 0.261 e. The van der Waals surface area contributed by atoms with Gasteiger partial charge in [-0.3, -0.25) is 4.79 Å². The fraction of sp³-hybridized carbons (Fsp3) is 0.667. The number of nitrogens with zero attached hydrogens (tertiary/aromatic N) is 3. The van der Waals surface area contributed by atoms with Crippen LogP contribution < -0.4 is 10.0 Å². The largest absolute Gasteiger partial charge is 0.383 e. The van der Waals surface area contributed by atoms with Crippen molar-refractivity contribution in [3.05, 3.63) is 4.60 Å². The average Bonchev–Trinajstić information content (AvgIpc) is 2.69. The first-order chi connectivity index (χ1) is 9.29. The van der Waals surface area contributed by atoms with Crippen molar-refractivity contribution >= 4 is 31.9 Å². The van der Waals surface area contributed by atoms with Crippen LogP contribution in [0.15, 0.2) is 9.63 Å². The molecule has 0 radical (unpaired) electrons. The third kappa shape index (κ3) is 4.23. The molecule has 1 amide bonds. The Morgan fingerprint density at radius 2 is 2.20 bits per heavy atom. The lowest BCUT2D eigenvalue weighted by molar-refractivity contribution is -0.122. The molecule has 0 fully saturated rings. The van der Waals surface area contributed by atoms with Gasteiger partial charge in [-0.25, -0.2) is 13.1 Å². The lowest BCUT2D eigenvalue weighted by Crippen LogP contribution is -2.45. The highest BCUT2D eigenvalue weighted by Crippen LogP contribution is 2.17. The van der Waals surface area contributed by atoms with Crippen LogP contribution in [0.25, 0.3) is 0 Å². The Hall–Kier alpha value is -1.04. The van der Waals surface area contributed by atoms with E-state index in [2.05, 4.69) is 36.3 Å². The van der Waals surface area contributed by atoms with E-state index in [0.717, 1.165) is 4.68 Å². The molecule has 0 spiro atoms. The SMILES string of the molecule is COCCNC(=O)C(C)NS(=O)(=O)c1c(Br)nnn1C. The van der Waals surface area contributed by atoms with Gasteiger partial charge in [-0.1, -0.05) is 5.21 Å². The zero-order valence-electron chi connectivity index (χ0n) is 11.3. The molecule has 1 rings (SSSR count). The van der Waals surface area contributed by atoms with Gasteiger partial charge in [0.1, 0.15) is 0 Å². The Morgan fingerprint density at radius 3 is 2.70 bits per heavy atom. The van der Waals surface area contributed by atoms with Gasteiger partial charge >= 0.3 is 0 Å². The van der Waals surface area contributed by atoms with E-state index in [0.29, 0.717) is 13.2 Å². The van der Waals surface area contributed by atoms with Crippen LogP contribution in [0.4, 0.5) is 0 Å². The van der Waals surface area contributed by atoms with Crippen molar-refractivity contribution in [2.45, 2.75) is 18.0 Å². The highest BCUT2D eigenvalue weighted by molar-refractivity contribution is 9.10. The minimum Gasteiger partial charge on any atom is -0.383 e. The van der Waals surface area contributed by atoms with Crippen molar-refractivity contribution in [2.24, 2.45) is 7.05 Å². The van der Waals surface area contributed by atoms with E-state index < -0.39 is 22.0 Å². The Kier molecular flexibility index (Phi) is 6.05. The van der Waals surface area contributed by atoms with E-state index in [-0.39, 0.29) is 9.63 Å². The van der Waals surface area contributed by atoms with Crippen LogP contribution in [0.1, 0.15) is 6.92 Å². The van der Waals surface area contributed by atoms with Crippen LogP contribution in [0.5, 0.6) is 0 Å². The topological polar surface area (TPSA) is 115 Å². The molecule has 0 aliphatic heterocycles. The number of halogens is 1. The second-order valence-electron chi connectivity index (χ2n) is 3.94. The maximum Gasteiger partial charge on any atom is 0.261 e. The summed E-state index contributed by atoms with van der Waals surface area (Å²) in [6.45, 7) is 2.10. The van der Waals surface area contributed by atoms with Crippen molar-refractivity contribution in [1.82, 2.24) is 25.0 Å². The second-order valence-corrected chi connectivity index (χ2v) is 6.32. The number of methoxy groups -OCH3 is 1. The second kappa shape index (κ2) is 7.11. The van der Waals surface area contributed by atoms with Gasteiger partial charge in [-0.2, -0.15) is 4.72 Å². The molecule has 1 aromatic rings.